The van der Waals surface area contributed by atoms with E-state index in [9.17, 15) is 0 Å². The van der Waals surface area contributed by atoms with E-state index in [-0.39, 0.29) is 5.82 Å². The number of nitrogen functional groups attached to an aromatic ring is 1. The molecule has 0 atom stereocenters. The first-order valence-corrected chi connectivity index (χ1v) is 7.17. The summed E-state index contributed by atoms with van der Waals surface area (Å²) in [6.07, 6.45) is 0. The molecule has 0 spiro atoms. The lowest BCUT2D eigenvalue weighted by Gasteiger charge is -2.05. The molecule has 0 amide bonds. The molecule has 0 bridgehead atoms. The van der Waals surface area contributed by atoms with Crippen molar-refractivity contribution in [1.82, 2.24) is 15.3 Å². The largest absolute Gasteiger partial charge is 0.379 e. The molecule has 0 aliphatic carbocycles. The van der Waals surface area contributed by atoms with Gasteiger partial charge >= 0.3 is 0 Å². The van der Waals surface area contributed by atoms with E-state index in [1.807, 2.05) is 5.38 Å². The van der Waals surface area contributed by atoms with Crippen molar-refractivity contribution in [3.8, 4) is 22.0 Å². The average molecular weight is 286 g/mol. The van der Waals surface area contributed by atoms with Gasteiger partial charge < -0.3 is 5.73 Å². The van der Waals surface area contributed by atoms with Crippen LogP contribution in [-0.4, -0.2) is 15.3 Å². The lowest BCUT2D eigenvalue weighted by Crippen LogP contribution is -1.88. The summed E-state index contributed by atoms with van der Waals surface area (Å²) < 4.78 is 4.60. The summed E-state index contributed by atoms with van der Waals surface area (Å²) in [6, 6.07) is 8.42. The molecule has 5 nitrogen and oxygen atoms in total. The summed E-state index contributed by atoms with van der Waals surface area (Å²) >= 11 is 1.47. The Kier molecular flexibility index (Phi) is 3.23. The van der Waals surface area contributed by atoms with Crippen LogP contribution in [-0.2, 0) is 0 Å². The van der Waals surface area contributed by atoms with Crippen LogP contribution in [0.3, 0.4) is 0 Å². The Morgan fingerprint density at radius 3 is 2.50 bits per heavy atom. The number of anilines is 1. The van der Waals surface area contributed by atoms with Crippen LogP contribution in [0.4, 0.5) is 5.82 Å². The first kappa shape index (κ1) is 12.8. The van der Waals surface area contributed by atoms with Crippen molar-refractivity contribution in [2.45, 2.75) is 19.8 Å². The number of hydrogen-bond donors (Lipinski definition) is 1. The molecule has 6 heteroatoms. The second-order valence-corrected chi connectivity index (χ2v) is 5.67. The van der Waals surface area contributed by atoms with Gasteiger partial charge in [-0.2, -0.15) is 0 Å². The average Bonchev–Trinajstić information content (AvgIpc) is 3.07. The summed E-state index contributed by atoms with van der Waals surface area (Å²) in [5, 5.41) is 10.0. The Labute approximate surface area is 120 Å². The first-order chi connectivity index (χ1) is 9.65. The minimum Gasteiger partial charge on any atom is -0.379 e. The topological polar surface area (TPSA) is 77.8 Å². The smallest absolute Gasteiger partial charge is 0.198 e. The Morgan fingerprint density at radius 1 is 1.15 bits per heavy atom. The van der Waals surface area contributed by atoms with Gasteiger partial charge in [0.1, 0.15) is 5.01 Å². The Bertz CT molecular complexity index is 715. The van der Waals surface area contributed by atoms with E-state index in [1.54, 1.807) is 0 Å². The zero-order valence-corrected chi connectivity index (χ0v) is 12.0. The van der Waals surface area contributed by atoms with Gasteiger partial charge in [-0.05, 0) is 21.8 Å². The molecule has 3 aromatic rings. The number of rotatable bonds is 3. The monoisotopic (exact) mass is 286 g/mol. The van der Waals surface area contributed by atoms with Gasteiger partial charge in [0.05, 0.1) is 5.69 Å². The fourth-order valence-corrected chi connectivity index (χ4v) is 2.71. The second-order valence-electron chi connectivity index (χ2n) is 4.81. The van der Waals surface area contributed by atoms with E-state index in [2.05, 4.69) is 58.0 Å². The number of aromatic nitrogens is 3. The highest BCUT2D eigenvalue weighted by atomic mass is 32.1. The molecule has 0 radical (unpaired) electrons. The number of nitrogens with zero attached hydrogens (tertiary/aromatic N) is 3. The van der Waals surface area contributed by atoms with Crippen molar-refractivity contribution in [2.75, 3.05) is 5.73 Å². The Balaban J connectivity index is 1.92. The molecule has 0 unspecified atom stereocenters. The zero-order chi connectivity index (χ0) is 14.1. The third kappa shape index (κ3) is 2.30. The molecule has 0 fully saturated rings. The van der Waals surface area contributed by atoms with Crippen molar-refractivity contribution >= 4 is 17.2 Å². The van der Waals surface area contributed by atoms with E-state index in [4.69, 9.17) is 5.73 Å². The zero-order valence-electron chi connectivity index (χ0n) is 11.2. The van der Waals surface area contributed by atoms with Crippen LogP contribution in [0, 0.1) is 0 Å². The van der Waals surface area contributed by atoms with Gasteiger partial charge in [0.2, 0.25) is 0 Å². The summed E-state index contributed by atoms with van der Waals surface area (Å²) in [7, 11) is 0. The first-order valence-electron chi connectivity index (χ1n) is 6.29. The van der Waals surface area contributed by atoms with Gasteiger partial charge in [0.15, 0.2) is 11.5 Å². The molecular weight excluding hydrogens is 272 g/mol. The van der Waals surface area contributed by atoms with E-state index >= 15 is 0 Å². The fourth-order valence-electron chi connectivity index (χ4n) is 1.90. The van der Waals surface area contributed by atoms with Gasteiger partial charge in [-0.3, -0.25) is 0 Å². The minimum absolute atomic E-state index is 0.265. The molecule has 0 aliphatic heterocycles. The van der Waals surface area contributed by atoms with E-state index in [0.29, 0.717) is 16.6 Å². The molecule has 0 aliphatic rings. The molecule has 2 N–H and O–H groups in total. The molecule has 0 saturated heterocycles. The summed E-state index contributed by atoms with van der Waals surface area (Å²) in [4.78, 5) is 4.53. The van der Waals surface area contributed by atoms with Crippen LogP contribution >= 0.6 is 11.3 Å². The lowest BCUT2D eigenvalue weighted by atomic mass is 10.0. The Hall–Kier alpha value is -2.21. The molecule has 3 rings (SSSR count). The Morgan fingerprint density at radius 2 is 1.90 bits per heavy atom. The summed E-state index contributed by atoms with van der Waals surface area (Å²) in [5.74, 6) is 0.789. The van der Waals surface area contributed by atoms with Crippen molar-refractivity contribution in [2.24, 2.45) is 0 Å². The van der Waals surface area contributed by atoms with E-state index < -0.39 is 0 Å². The maximum absolute atomic E-state index is 5.67. The van der Waals surface area contributed by atoms with Crippen LogP contribution in [0.2, 0.25) is 0 Å². The summed E-state index contributed by atoms with van der Waals surface area (Å²) in [6.45, 7) is 4.35. The number of nitrogens with two attached hydrogens (primary N) is 1. The van der Waals surface area contributed by atoms with Gasteiger partial charge in [-0.1, -0.05) is 38.1 Å². The molecular formula is C14H14N4OS. The van der Waals surface area contributed by atoms with Crippen LogP contribution < -0.4 is 5.73 Å². The number of benzene rings is 1. The quantitative estimate of drug-likeness (QED) is 0.796. The molecule has 102 valence electrons. The third-order valence-corrected chi connectivity index (χ3v) is 3.94. The molecule has 2 heterocycles. The molecule has 1 aromatic carbocycles. The normalized spacial score (nSPS) is 11.2. The van der Waals surface area contributed by atoms with Crippen LogP contribution in [0.5, 0.6) is 0 Å². The highest BCUT2D eigenvalue weighted by Gasteiger charge is 2.14. The minimum atomic E-state index is 0.265. The fraction of sp³-hybridized carbons (Fsp3) is 0.214. The molecule has 0 saturated carbocycles. The van der Waals surface area contributed by atoms with Crippen molar-refractivity contribution in [3.05, 3.63) is 35.2 Å². The lowest BCUT2D eigenvalue weighted by molar-refractivity contribution is 0.310. The van der Waals surface area contributed by atoms with Crippen molar-refractivity contribution < 1.29 is 4.63 Å². The number of hydrogen-bond acceptors (Lipinski definition) is 6. The second kappa shape index (κ2) is 5.05. The van der Waals surface area contributed by atoms with E-state index in [1.165, 1.54) is 16.9 Å². The van der Waals surface area contributed by atoms with Gasteiger partial charge in [0.25, 0.3) is 0 Å². The van der Waals surface area contributed by atoms with Gasteiger partial charge in [-0.25, -0.2) is 9.61 Å². The maximum Gasteiger partial charge on any atom is 0.198 e. The van der Waals surface area contributed by atoms with Crippen molar-refractivity contribution in [3.63, 3.8) is 0 Å². The van der Waals surface area contributed by atoms with Crippen LogP contribution in [0.15, 0.2) is 34.3 Å². The van der Waals surface area contributed by atoms with Crippen LogP contribution in [0.1, 0.15) is 25.3 Å². The molecule has 2 aromatic heterocycles. The maximum atomic E-state index is 5.67. The standard InChI is InChI=1S/C14H14N4OS/c1-8(2)9-3-5-10(6-4-9)11-7-20-14(16-11)12-13(15)18-19-17-12/h3-8H,1-2H3,(H2,15,18). The van der Waals surface area contributed by atoms with Crippen molar-refractivity contribution in [1.29, 1.82) is 0 Å². The molecule has 20 heavy (non-hydrogen) atoms. The number of thiazole rings is 1. The van der Waals surface area contributed by atoms with Gasteiger partial charge in [0, 0.05) is 10.9 Å². The highest BCUT2D eigenvalue weighted by molar-refractivity contribution is 7.13. The SMILES string of the molecule is CC(C)c1ccc(-c2csc(-c3nonc3N)n2)cc1. The highest BCUT2D eigenvalue weighted by Crippen LogP contribution is 2.30. The van der Waals surface area contributed by atoms with E-state index in [0.717, 1.165) is 11.3 Å². The predicted molar refractivity (Wildman–Crippen MR) is 79.3 cm³/mol. The van der Waals surface area contributed by atoms with Crippen LogP contribution in [0.25, 0.3) is 22.0 Å². The third-order valence-electron chi connectivity index (χ3n) is 3.09. The van der Waals surface area contributed by atoms with Gasteiger partial charge in [-0.15, -0.1) is 11.3 Å². The summed E-state index contributed by atoms with van der Waals surface area (Å²) in [5.41, 5.74) is 9.47. The predicted octanol–water partition coefficient (Wildman–Crippen LogP) is 3.57.